The lowest BCUT2D eigenvalue weighted by Crippen LogP contribution is -2.16. The van der Waals surface area contributed by atoms with Crippen molar-refractivity contribution >= 4 is 0 Å². The van der Waals surface area contributed by atoms with Crippen LogP contribution in [-0.2, 0) is 4.74 Å². The van der Waals surface area contributed by atoms with Crippen LogP contribution in [0.5, 0.6) is 5.75 Å². The van der Waals surface area contributed by atoms with Crippen LogP contribution in [0.2, 0.25) is 0 Å². The molecule has 0 aliphatic rings. The zero-order valence-corrected chi connectivity index (χ0v) is 7.38. The zero-order chi connectivity index (χ0) is 10.8. The van der Waals surface area contributed by atoms with Gasteiger partial charge in [0.2, 0.25) is 0 Å². The van der Waals surface area contributed by atoms with Crippen LogP contribution in [0.4, 0.5) is 13.2 Å². The van der Waals surface area contributed by atoms with Gasteiger partial charge in [-0.15, -0.1) is 13.2 Å². The van der Waals surface area contributed by atoms with Crippen LogP contribution in [0.1, 0.15) is 18.6 Å². The summed E-state index contributed by atoms with van der Waals surface area (Å²) in [5.41, 5.74) is 0.361. The fourth-order valence-corrected chi connectivity index (χ4v) is 1.01. The van der Waals surface area contributed by atoms with E-state index in [9.17, 15) is 13.2 Å². The molecular weight excluding hydrogens is 197 g/mol. The average Bonchev–Trinajstić information content (AvgIpc) is 2.02. The Labute approximate surface area is 78.9 Å². The van der Waals surface area contributed by atoms with E-state index in [2.05, 4.69) is 4.74 Å². The van der Waals surface area contributed by atoms with Gasteiger partial charge in [0.1, 0.15) is 5.75 Å². The van der Waals surface area contributed by atoms with Crippen LogP contribution in [0.3, 0.4) is 0 Å². The van der Waals surface area contributed by atoms with Gasteiger partial charge in [0, 0.05) is 0 Å². The van der Waals surface area contributed by atoms with Crippen LogP contribution < -0.4 is 0 Å². The van der Waals surface area contributed by atoms with E-state index in [0.29, 0.717) is 5.56 Å². The van der Waals surface area contributed by atoms with Gasteiger partial charge in [0.25, 0.3) is 0 Å². The highest BCUT2D eigenvalue weighted by Crippen LogP contribution is 2.27. The Bertz CT molecular complexity index is 292. The fourth-order valence-electron chi connectivity index (χ4n) is 1.01. The van der Waals surface area contributed by atoms with Gasteiger partial charge >= 0.3 is 6.36 Å². The Morgan fingerprint density at radius 2 is 1.71 bits per heavy atom. The van der Waals surface area contributed by atoms with Gasteiger partial charge in [-0.25, -0.2) is 0 Å². The molecule has 0 radical (unpaired) electrons. The third-order valence-electron chi connectivity index (χ3n) is 1.67. The van der Waals surface area contributed by atoms with E-state index in [-0.39, 0.29) is 5.75 Å². The molecule has 0 spiro atoms. The number of aromatic hydroxyl groups is 1. The molecule has 0 saturated carbocycles. The van der Waals surface area contributed by atoms with Gasteiger partial charge in [-0.1, -0.05) is 12.1 Å². The highest BCUT2D eigenvalue weighted by Gasteiger charge is 2.32. The molecule has 0 heterocycles. The zero-order valence-electron chi connectivity index (χ0n) is 7.38. The number of rotatable bonds is 2. The molecule has 0 fully saturated rings. The highest BCUT2D eigenvalue weighted by atomic mass is 19.4. The first-order valence-electron chi connectivity index (χ1n) is 3.92. The van der Waals surface area contributed by atoms with Crippen LogP contribution in [-0.4, -0.2) is 11.5 Å². The SMILES string of the molecule is CC(OC(F)(F)F)c1ccc(O)cc1. The van der Waals surface area contributed by atoms with Gasteiger partial charge in [-0.05, 0) is 24.6 Å². The fraction of sp³-hybridized carbons (Fsp3) is 0.333. The Hall–Kier alpha value is -1.23. The summed E-state index contributed by atoms with van der Waals surface area (Å²) in [5.74, 6) is 0.00737. The van der Waals surface area contributed by atoms with Crippen molar-refractivity contribution in [3.8, 4) is 5.75 Å². The Morgan fingerprint density at radius 1 is 1.21 bits per heavy atom. The van der Waals surface area contributed by atoms with Gasteiger partial charge in [-0.3, -0.25) is 4.74 Å². The van der Waals surface area contributed by atoms with Crippen LogP contribution in [0, 0.1) is 0 Å². The normalized spacial score (nSPS) is 14.0. The number of phenolic OH excluding ortho intramolecular Hbond substituents is 1. The minimum absolute atomic E-state index is 0.00737. The van der Waals surface area contributed by atoms with E-state index in [1.807, 2.05) is 0 Å². The van der Waals surface area contributed by atoms with Gasteiger partial charge in [0.05, 0.1) is 6.10 Å². The maximum absolute atomic E-state index is 11.8. The van der Waals surface area contributed by atoms with E-state index in [1.54, 1.807) is 0 Å². The lowest BCUT2D eigenvalue weighted by atomic mass is 10.1. The summed E-state index contributed by atoms with van der Waals surface area (Å²) in [4.78, 5) is 0. The number of halogens is 3. The first-order chi connectivity index (χ1) is 6.38. The lowest BCUT2D eigenvalue weighted by molar-refractivity contribution is -0.342. The van der Waals surface area contributed by atoms with Gasteiger partial charge in [-0.2, -0.15) is 0 Å². The summed E-state index contributed by atoms with van der Waals surface area (Å²) < 4.78 is 39.2. The van der Waals surface area contributed by atoms with Crippen LogP contribution in [0.25, 0.3) is 0 Å². The van der Waals surface area contributed by atoms with E-state index in [4.69, 9.17) is 5.11 Å². The van der Waals surface area contributed by atoms with E-state index in [0.717, 1.165) is 0 Å². The first kappa shape index (κ1) is 10.8. The van der Waals surface area contributed by atoms with Crippen molar-refractivity contribution in [3.05, 3.63) is 29.8 Å². The van der Waals surface area contributed by atoms with E-state index in [1.165, 1.54) is 31.2 Å². The number of hydrogen-bond acceptors (Lipinski definition) is 2. The molecule has 1 N–H and O–H groups in total. The van der Waals surface area contributed by atoms with Crippen LogP contribution >= 0.6 is 0 Å². The molecule has 78 valence electrons. The quantitative estimate of drug-likeness (QED) is 0.805. The lowest BCUT2D eigenvalue weighted by Gasteiger charge is -2.15. The molecule has 0 aromatic heterocycles. The molecule has 0 amide bonds. The van der Waals surface area contributed by atoms with Gasteiger partial charge in [0.15, 0.2) is 0 Å². The molecule has 1 rings (SSSR count). The maximum Gasteiger partial charge on any atom is 0.523 e. The number of benzene rings is 1. The van der Waals surface area contributed by atoms with Crippen molar-refractivity contribution in [3.63, 3.8) is 0 Å². The minimum Gasteiger partial charge on any atom is -0.508 e. The van der Waals surface area contributed by atoms with Crippen molar-refractivity contribution < 1.29 is 23.0 Å². The molecule has 2 nitrogen and oxygen atoms in total. The molecule has 1 atom stereocenters. The third kappa shape index (κ3) is 3.26. The van der Waals surface area contributed by atoms with E-state index >= 15 is 0 Å². The van der Waals surface area contributed by atoms with Crippen molar-refractivity contribution in [2.75, 3.05) is 0 Å². The van der Waals surface area contributed by atoms with Crippen molar-refractivity contribution in [1.82, 2.24) is 0 Å². The van der Waals surface area contributed by atoms with Crippen LogP contribution in [0.15, 0.2) is 24.3 Å². The van der Waals surface area contributed by atoms with E-state index < -0.39 is 12.5 Å². The second-order valence-electron chi connectivity index (χ2n) is 2.80. The molecule has 0 aliphatic heterocycles. The Kier molecular flexibility index (Phi) is 3.00. The second kappa shape index (κ2) is 3.88. The molecule has 0 saturated heterocycles. The standard InChI is InChI=1S/C9H9F3O2/c1-6(14-9(10,11)12)7-2-4-8(13)5-3-7/h2-6,13H,1H3. The topological polar surface area (TPSA) is 29.5 Å². The summed E-state index contributed by atoms with van der Waals surface area (Å²) in [5, 5.41) is 8.91. The highest BCUT2D eigenvalue weighted by molar-refractivity contribution is 5.27. The number of ether oxygens (including phenoxy) is 1. The largest absolute Gasteiger partial charge is 0.523 e. The molecule has 1 unspecified atom stereocenters. The Morgan fingerprint density at radius 3 is 2.14 bits per heavy atom. The summed E-state index contributed by atoms with van der Waals surface area (Å²) in [6, 6.07) is 5.38. The van der Waals surface area contributed by atoms with Crippen molar-refractivity contribution in [1.29, 1.82) is 0 Å². The number of hydrogen-bond donors (Lipinski definition) is 1. The number of phenols is 1. The summed E-state index contributed by atoms with van der Waals surface area (Å²) in [6.45, 7) is 1.29. The van der Waals surface area contributed by atoms with Gasteiger partial charge < -0.3 is 5.11 Å². The molecule has 0 bridgehead atoms. The molecule has 1 aromatic carbocycles. The maximum atomic E-state index is 11.8. The Balaban J connectivity index is 2.70. The first-order valence-corrected chi connectivity index (χ1v) is 3.92. The smallest absolute Gasteiger partial charge is 0.508 e. The summed E-state index contributed by atoms with van der Waals surface area (Å²) >= 11 is 0. The predicted molar refractivity (Wildman–Crippen MR) is 43.7 cm³/mol. The molecular formula is C9H9F3O2. The van der Waals surface area contributed by atoms with Crippen molar-refractivity contribution in [2.24, 2.45) is 0 Å². The molecule has 1 aromatic rings. The number of alkyl halides is 3. The minimum atomic E-state index is -4.64. The summed E-state index contributed by atoms with van der Waals surface area (Å²) in [7, 11) is 0. The molecule has 5 heteroatoms. The molecule has 0 aliphatic carbocycles. The second-order valence-corrected chi connectivity index (χ2v) is 2.80. The van der Waals surface area contributed by atoms with Crippen molar-refractivity contribution in [2.45, 2.75) is 19.4 Å². The third-order valence-corrected chi connectivity index (χ3v) is 1.67. The average molecular weight is 206 g/mol. The summed E-state index contributed by atoms with van der Waals surface area (Å²) in [6.07, 6.45) is -5.72. The predicted octanol–water partition coefficient (Wildman–Crippen LogP) is 2.99. The molecule has 14 heavy (non-hydrogen) atoms. The monoisotopic (exact) mass is 206 g/mol.